The van der Waals surface area contributed by atoms with E-state index in [0.29, 0.717) is 31.5 Å². The number of para-hydroxylation sites is 1. The molecular weight excluding hydrogens is 319 g/mol. The largest absolute Gasteiger partial charge is 0.399 e. The summed E-state index contributed by atoms with van der Waals surface area (Å²) in [6.45, 7) is 0.489. The Morgan fingerprint density at radius 3 is 2.84 bits per heavy atom. The molecule has 130 valence electrons. The van der Waals surface area contributed by atoms with Crippen LogP contribution in [-0.2, 0) is 24.7 Å². The summed E-state index contributed by atoms with van der Waals surface area (Å²) >= 11 is 0. The molecule has 6 heteroatoms. The lowest BCUT2D eigenvalue weighted by Crippen LogP contribution is -2.26. The van der Waals surface area contributed by atoms with Crippen LogP contribution in [-0.4, -0.2) is 22.0 Å². The standard InChI is InChI=1S/C19H21FN4O/c1-24-17-12-14(20)7-8-16(17)23-18(24)10-11-22-19(25)9-6-13-4-2-3-5-15(13)21/h2-5,7-8,12H,6,9-11,21H2,1H3,(H,22,25). The van der Waals surface area contributed by atoms with E-state index in [0.717, 1.165) is 22.4 Å². The van der Waals surface area contributed by atoms with Gasteiger partial charge in [-0.05, 0) is 36.2 Å². The van der Waals surface area contributed by atoms with E-state index in [9.17, 15) is 9.18 Å². The highest BCUT2D eigenvalue weighted by Crippen LogP contribution is 2.16. The van der Waals surface area contributed by atoms with Crippen LogP contribution >= 0.6 is 0 Å². The number of rotatable bonds is 6. The molecule has 1 aromatic heterocycles. The average Bonchev–Trinajstić information content (AvgIpc) is 2.90. The van der Waals surface area contributed by atoms with Gasteiger partial charge in [0.05, 0.1) is 11.0 Å². The van der Waals surface area contributed by atoms with Crippen molar-refractivity contribution in [2.45, 2.75) is 19.3 Å². The molecule has 0 atom stereocenters. The Balaban J connectivity index is 1.52. The van der Waals surface area contributed by atoms with Gasteiger partial charge in [0.1, 0.15) is 11.6 Å². The number of hydrogen-bond donors (Lipinski definition) is 2. The summed E-state index contributed by atoms with van der Waals surface area (Å²) in [5, 5.41) is 2.90. The number of aromatic nitrogens is 2. The Hall–Kier alpha value is -2.89. The zero-order chi connectivity index (χ0) is 17.8. The Bertz CT molecular complexity index is 904. The summed E-state index contributed by atoms with van der Waals surface area (Å²) < 4.78 is 15.2. The van der Waals surface area contributed by atoms with Gasteiger partial charge < -0.3 is 15.6 Å². The Morgan fingerprint density at radius 2 is 2.04 bits per heavy atom. The van der Waals surface area contributed by atoms with Crippen molar-refractivity contribution in [3.63, 3.8) is 0 Å². The lowest BCUT2D eigenvalue weighted by Gasteiger charge is -2.07. The van der Waals surface area contributed by atoms with Crippen LogP contribution in [0.5, 0.6) is 0 Å². The predicted molar refractivity (Wildman–Crippen MR) is 96.6 cm³/mol. The highest BCUT2D eigenvalue weighted by Gasteiger charge is 2.09. The Morgan fingerprint density at radius 1 is 1.24 bits per heavy atom. The van der Waals surface area contributed by atoms with Gasteiger partial charge >= 0.3 is 0 Å². The molecule has 3 rings (SSSR count). The summed E-state index contributed by atoms with van der Waals surface area (Å²) in [5.74, 6) is 0.511. The first kappa shape index (κ1) is 17.0. The summed E-state index contributed by atoms with van der Waals surface area (Å²) in [6.07, 6.45) is 1.60. The van der Waals surface area contributed by atoms with Crippen molar-refractivity contribution in [3.8, 4) is 0 Å². The smallest absolute Gasteiger partial charge is 0.220 e. The van der Waals surface area contributed by atoms with Gasteiger partial charge in [0.15, 0.2) is 0 Å². The molecule has 0 aliphatic carbocycles. The van der Waals surface area contributed by atoms with E-state index < -0.39 is 0 Å². The predicted octanol–water partition coefficient (Wildman–Crippen LogP) is 2.59. The Labute approximate surface area is 145 Å². The van der Waals surface area contributed by atoms with E-state index in [2.05, 4.69) is 10.3 Å². The normalized spacial score (nSPS) is 11.0. The number of nitrogens with two attached hydrogens (primary N) is 1. The van der Waals surface area contributed by atoms with Crippen molar-refractivity contribution in [1.82, 2.24) is 14.9 Å². The third kappa shape index (κ3) is 3.96. The van der Waals surface area contributed by atoms with Gasteiger partial charge in [0, 0.05) is 32.1 Å². The van der Waals surface area contributed by atoms with Crippen molar-refractivity contribution in [2.24, 2.45) is 7.05 Å². The quantitative estimate of drug-likeness (QED) is 0.678. The van der Waals surface area contributed by atoms with E-state index in [1.807, 2.05) is 35.9 Å². The number of nitrogens with zero attached hydrogens (tertiary/aromatic N) is 2. The molecule has 0 saturated heterocycles. The highest BCUT2D eigenvalue weighted by molar-refractivity contribution is 5.77. The highest BCUT2D eigenvalue weighted by atomic mass is 19.1. The number of fused-ring (bicyclic) bond motifs is 1. The first-order valence-electron chi connectivity index (χ1n) is 8.25. The van der Waals surface area contributed by atoms with Crippen LogP contribution in [0.25, 0.3) is 11.0 Å². The molecule has 0 aliphatic heterocycles. The van der Waals surface area contributed by atoms with Gasteiger partial charge in [-0.3, -0.25) is 4.79 Å². The fourth-order valence-corrected chi connectivity index (χ4v) is 2.85. The number of aryl methyl sites for hydroxylation is 2. The SMILES string of the molecule is Cn1c(CCNC(=O)CCc2ccccc2N)nc2ccc(F)cc21. The molecule has 3 aromatic rings. The van der Waals surface area contributed by atoms with Crippen LogP contribution in [0.2, 0.25) is 0 Å². The summed E-state index contributed by atoms with van der Waals surface area (Å²) in [4.78, 5) is 16.5. The minimum Gasteiger partial charge on any atom is -0.399 e. The molecule has 0 saturated carbocycles. The van der Waals surface area contributed by atoms with Crippen molar-refractivity contribution < 1.29 is 9.18 Å². The molecule has 0 spiro atoms. The number of hydrogen-bond acceptors (Lipinski definition) is 3. The van der Waals surface area contributed by atoms with Crippen LogP contribution in [0.4, 0.5) is 10.1 Å². The fourth-order valence-electron chi connectivity index (χ4n) is 2.85. The number of anilines is 1. The van der Waals surface area contributed by atoms with Crippen molar-refractivity contribution >= 4 is 22.6 Å². The van der Waals surface area contributed by atoms with E-state index in [-0.39, 0.29) is 11.7 Å². The number of carbonyl (C=O) groups excluding carboxylic acids is 1. The topological polar surface area (TPSA) is 72.9 Å². The number of nitrogens with one attached hydrogen (secondary N) is 1. The number of benzene rings is 2. The minimum atomic E-state index is -0.282. The fraction of sp³-hybridized carbons (Fsp3) is 0.263. The molecule has 0 bridgehead atoms. The van der Waals surface area contributed by atoms with Gasteiger partial charge in [0.2, 0.25) is 5.91 Å². The van der Waals surface area contributed by atoms with Gasteiger partial charge in [-0.1, -0.05) is 18.2 Å². The summed E-state index contributed by atoms with van der Waals surface area (Å²) in [6, 6.07) is 12.1. The molecule has 0 radical (unpaired) electrons. The van der Waals surface area contributed by atoms with Crippen molar-refractivity contribution in [1.29, 1.82) is 0 Å². The number of nitrogen functional groups attached to an aromatic ring is 1. The lowest BCUT2D eigenvalue weighted by atomic mass is 10.1. The first-order chi connectivity index (χ1) is 12.0. The molecular formula is C19H21FN4O. The van der Waals surface area contributed by atoms with Crippen LogP contribution in [0.1, 0.15) is 17.8 Å². The second-order valence-corrected chi connectivity index (χ2v) is 6.02. The molecule has 5 nitrogen and oxygen atoms in total. The monoisotopic (exact) mass is 340 g/mol. The average molecular weight is 340 g/mol. The maximum absolute atomic E-state index is 13.3. The lowest BCUT2D eigenvalue weighted by molar-refractivity contribution is -0.121. The van der Waals surface area contributed by atoms with Crippen LogP contribution < -0.4 is 11.1 Å². The second-order valence-electron chi connectivity index (χ2n) is 6.02. The minimum absolute atomic E-state index is 0.0203. The van der Waals surface area contributed by atoms with Gasteiger partial charge in [0.25, 0.3) is 0 Å². The van der Waals surface area contributed by atoms with Crippen LogP contribution in [0.3, 0.4) is 0 Å². The van der Waals surface area contributed by atoms with E-state index in [4.69, 9.17) is 5.73 Å². The number of carbonyl (C=O) groups is 1. The van der Waals surface area contributed by atoms with E-state index in [1.165, 1.54) is 12.1 Å². The number of imidazole rings is 1. The van der Waals surface area contributed by atoms with Gasteiger partial charge in [-0.25, -0.2) is 9.37 Å². The molecule has 0 fully saturated rings. The zero-order valence-electron chi connectivity index (χ0n) is 14.1. The third-order valence-corrected chi connectivity index (χ3v) is 4.28. The maximum Gasteiger partial charge on any atom is 0.220 e. The maximum atomic E-state index is 13.3. The van der Waals surface area contributed by atoms with Crippen LogP contribution in [0, 0.1) is 5.82 Å². The number of amides is 1. The summed E-state index contributed by atoms with van der Waals surface area (Å²) in [5.41, 5.74) is 9.07. The first-order valence-corrected chi connectivity index (χ1v) is 8.25. The zero-order valence-corrected chi connectivity index (χ0v) is 14.1. The molecule has 0 aliphatic rings. The van der Waals surface area contributed by atoms with E-state index >= 15 is 0 Å². The Kier molecular flexibility index (Phi) is 4.97. The molecule has 0 unspecified atom stereocenters. The third-order valence-electron chi connectivity index (χ3n) is 4.28. The van der Waals surface area contributed by atoms with Crippen LogP contribution in [0.15, 0.2) is 42.5 Å². The van der Waals surface area contributed by atoms with Crippen molar-refractivity contribution in [2.75, 3.05) is 12.3 Å². The van der Waals surface area contributed by atoms with Crippen molar-refractivity contribution in [3.05, 3.63) is 59.7 Å². The summed E-state index contributed by atoms with van der Waals surface area (Å²) in [7, 11) is 1.85. The number of halogens is 1. The second kappa shape index (κ2) is 7.34. The van der Waals surface area contributed by atoms with E-state index in [1.54, 1.807) is 6.07 Å². The molecule has 2 aromatic carbocycles. The molecule has 25 heavy (non-hydrogen) atoms. The molecule has 3 N–H and O–H groups in total. The molecule has 1 heterocycles. The van der Waals surface area contributed by atoms with Gasteiger partial charge in [-0.15, -0.1) is 0 Å². The van der Waals surface area contributed by atoms with Gasteiger partial charge in [-0.2, -0.15) is 0 Å². The molecule has 1 amide bonds.